The lowest BCUT2D eigenvalue weighted by Gasteiger charge is -2.33. The second-order valence-corrected chi connectivity index (χ2v) is 5.94. The summed E-state index contributed by atoms with van der Waals surface area (Å²) in [5.74, 6) is 0.652. The predicted octanol–water partition coefficient (Wildman–Crippen LogP) is 2.76. The van der Waals surface area contributed by atoms with Gasteiger partial charge in [-0.05, 0) is 25.5 Å². The quantitative estimate of drug-likeness (QED) is 0.741. The van der Waals surface area contributed by atoms with Crippen molar-refractivity contribution in [3.8, 4) is 0 Å². The van der Waals surface area contributed by atoms with Crippen LogP contribution in [0.4, 0.5) is 0 Å². The van der Waals surface area contributed by atoms with Gasteiger partial charge in [-0.25, -0.2) is 9.79 Å². The summed E-state index contributed by atoms with van der Waals surface area (Å²) >= 11 is 1.57. The molecule has 0 aromatic rings. The monoisotopic (exact) mass is 271 g/mol. The molecule has 0 radical (unpaired) electrons. The third-order valence-electron chi connectivity index (χ3n) is 3.51. The highest BCUT2D eigenvalue weighted by atomic mass is 32.2. The van der Waals surface area contributed by atoms with E-state index in [4.69, 9.17) is 14.5 Å². The first-order valence-electron chi connectivity index (χ1n) is 6.78. The van der Waals surface area contributed by atoms with Crippen LogP contribution in [0.15, 0.2) is 4.99 Å². The number of hydrogen-bond acceptors (Lipinski definition) is 5. The minimum atomic E-state index is -0.521. The number of rotatable bonds is 3. The summed E-state index contributed by atoms with van der Waals surface area (Å²) in [6, 6.07) is 0. The Bertz CT molecular complexity index is 337. The Morgan fingerprint density at radius 1 is 1.44 bits per heavy atom. The van der Waals surface area contributed by atoms with Gasteiger partial charge in [-0.1, -0.05) is 37.9 Å². The number of esters is 1. The van der Waals surface area contributed by atoms with Crippen molar-refractivity contribution in [1.82, 2.24) is 0 Å². The van der Waals surface area contributed by atoms with E-state index in [1.807, 2.05) is 6.92 Å². The summed E-state index contributed by atoms with van der Waals surface area (Å²) < 4.78 is 10.9. The van der Waals surface area contributed by atoms with Crippen molar-refractivity contribution >= 4 is 23.0 Å². The summed E-state index contributed by atoms with van der Waals surface area (Å²) in [5.41, 5.74) is -0.345. The summed E-state index contributed by atoms with van der Waals surface area (Å²) in [4.78, 5) is 16.7. The maximum absolute atomic E-state index is 12.0. The molecule has 2 rings (SSSR count). The van der Waals surface area contributed by atoms with Crippen LogP contribution in [0.1, 0.15) is 46.0 Å². The van der Waals surface area contributed by atoms with E-state index in [1.54, 1.807) is 11.8 Å². The van der Waals surface area contributed by atoms with E-state index in [1.165, 1.54) is 6.42 Å². The lowest BCUT2D eigenvalue weighted by Crippen LogP contribution is -2.45. The van der Waals surface area contributed by atoms with E-state index in [0.717, 1.165) is 31.4 Å². The van der Waals surface area contributed by atoms with E-state index in [9.17, 15) is 4.79 Å². The van der Waals surface area contributed by atoms with Crippen LogP contribution in [0.25, 0.3) is 0 Å². The molecule has 2 aliphatic rings. The standard InChI is InChI=1S/C13H21NO3S/c1-3-16-11(15)10-13(8-6-5-7-9-13)14-12(17-10)18-4-2/h10H,3-9H2,1-2H3. The molecule has 102 valence electrons. The summed E-state index contributed by atoms with van der Waals surface area (Å²) in [5, 5.41) is 0.664. The van der Waals surface area contributed by atoms with Crippen LogP contribution in [0.5, 0.6) is 0 Å². The van der Waals surface area contributed by atoms with E-state index in [-0.39, 0.29) is 11.5 Å². The number of carbonyl (C=O) groups excluding carboxylic acids is 1. The van der Waals surface area contributed by atoms with Crippen molar-refractivity contribution in [2.24, 2.45) is 4.99 Å². The molecule has 5 heteroatoms. The van der Waals surface area contributed by atoms with Crippen LogP contribution in [0.3, 0.4) is 0 Å². The molecule has 0 bridgehead atoms. The van der Waals surface area contributed by atoms with Crippen molar-refractivity contribution < 1.29 is 14.3 Å². The van der Waals surface area contributed by atoms with Gasteiger partial charge in [-0.2, -0.15) is 0 Å². The zero-order valence-electron chi connectivity index (χ0n) is 11.1. The van der Waals surface area contributed by atoms with Gasteiger partial charge in [0.25, 0.3) is 0 Å². The molecule has 0 amide bonds. The fourth-order valence-corrected chi connectivity index (χ4v) is 3.35. The molecule has 1 heterocycles. The third kappa shape index (κ3) is 2.66. The highest BCUT2D eigenvalue weighted by molar-refractivity contribution is 8.13. The fraction of sp³-hybridized carbons (Fsp3) is 0.846. The van der Waals surface area contributed by atoms with Crippen molar-refractivity contribution in [3.63, 3.8) is 0 Å². The van der Waals surface area contributed by atoms with Gasteiger partial charge in [-0.3, -0.25) is 0 Å². The largest absolute Gasteiger partial charge is 0.463 e. The first kappa shape index (κ1) is 13.7. The average Bonchev–Trinajstić information content (AvgIpc) is 2.69. The third-order valence-corrected chi connectivity index (χ3v) is 4.23. The van der Waals surface area contributed by atoms with Gasteiger partial charge >= 0.3 is 5.97 Å². The van der Waals surface area contributed by atoms with Crippen LogP contribution < -0.4 is 0 Å². The maximum Gasteiger partial charge on any atom is 0.350 e. The molecule has 1 spiro atoms. The molecule has 1 fully saturated rings. The number of ether oxygens (including phenoxy) is 2. The number of nitrogens with zero attached hydrogens (tertiary/aromatic N) is 1. The zero-order chi connectivity index (χ0) is 13.0. The molecule has 0 aromatic heterocycles. The molecule has 0 aromatic carbocycles. The minimum absolute atomic E-state index is 0.255. The van der Waals surface area contributed by atoms with Gasteiger partial charge in [0.1, 0.15) is 5.54 Å². The van der Waals surface area contributed by atoms with E-state index in [0.29, 0.717) is 11.8 Å². The molecule has 1 saturated carbocycles. The first-order valence-corrected chi connectivity index (χ1v) is 7.76. The van der Waals surface area contributed by atoms with Crippen molar-refractivity contribution in [2.45, 2.75) is 57.6 Å². The van der Waals surface area contributed by atoms with Crippen molar-refractivity contribution in [2.75, 3.05) is 12.4 Å². The predicted molar refractivity (Wildman–Crippen MR) is 72.9 cm³/mol. The van der Waals surface area contributed by atoms with E-state index >= 15 is 0 Å². The van der Waals surface area contributed by atoms with Crippen molar-refractivity contribution in [3.05, 3.63) is 0 Å². The molecule has 0 N–H and O–H groups in total. The van der Waals surface area contributed by atoms with Gasteiger partial charge in [-0.15, -0.1) is 0 Å². The topological polar surface area (TPSA) is 47.9 Å². The molecular weight excluding hydrogens is 250 g/mol. The minimum Gasteiger partial charge on any atom is -0.463 e. The molecule has 0 saturated heterocycles. The Kier molecular flexibility index (Phi) is 4.54. The van der Waals surface area contributed by atoms with E-state index < -0.39 is 6.10 Å². The van der Waals surface area contributed by atoms with Crippen LogP contribution in [-0.4, -0.2) is 35.2 Å². The first-order chi connectivity index (χ1) is 8.72. The molecule has 1 aliphatic heterocycles. The average molecular weight is 271 g/mol. The SMILES string of the molecule is CCOC(=O)C1OC(SCC)=NC12CCCCC2. The second-order valence-electron chi connectivity index (χ2n) is 4.72. The Hall–Kier alpha value is -0.710. The van der Waals surface area contributed by atoms with Gasteiger partial charge in [0.05, 0.1) is 6.61 Å². The van der Waals surface area contributed by atoms with Crippen molar-refractivity contribution in [1.29, 1.82) is 0 Å². The normalized spacial score (nSPS) is 25.7. The van der Waals surface area contributed by atoms with Crippen LogP contribution in [0, 0.1) is 0 Å². The zero-order valence-corrected chi connectivity index (χ0v) is 11.9. The van der Waals surface area contributed by atoms with Gasteiger partial charge in [0.15, 0.2) is 0 Å². The molecule has 1 aliphatic carbocycles. The Morgan fingerprint density at radius 2 is 2.17 bits per heavy atom. The van der Waals surface area contributed by atoms with Crippen LogP contribution >= 0.6 is 11.8 Å². The second kappa shape index (κ2) is 5.95. The number of aliphatic imine (C=N–C) groups is 1. The summed E-state index contributed by atoms with van der Waals surface area (Å²) in [6.45, 7) is 4.27. The molecular formula is C13H21NO3S. The van der Waals surface area contributed by atoms with Crippen LogP contribution in [0.2, 0.25) is 0 Å². The molecule has 18 heavy (non-hydrogen) atoms. The maximum atomic E-state index is 12.0. The van der Waals surface area contributed by atoms with Gasteiger partial charge in [0, 0.05) is 0 Å². The number of carbonyl (C=O) groups is 1. The summed E-state index contributed by atoms with van der Waals surface area (Å²) in [6.07, 6.45) is 4.81. The van der Waals surface area contributed by atoms with Gasteiger partial charge < -0.3 is 9.47 Å². The lowest BCUT2D eigenvalue weighted by atomic mass is 9.78. The smallest absolute Gasteiger partial charge is 0.350 e. The van der Waals surface area contributed by atoms with E-state index in [2.05, 4.69) is 6.92 Å². The molecule has 1 atom stereocenters. The molecule has 4 nitrogen and oxygen atoms in total. The number of thioether (sulfide) groups is 1. The Labute approximate surface area is 113 Å². The van der Waals surface area contributed by atoms with Crippen LogP contribution in [-0.2, 0) is 14.3 Å². The highest BCUT2D eigenvalue weighted by Crippen LogP contribution is 2.41. The molecule has 1 unspecified atom stereocenters. The highest BCUT2D eigenvalue weighted by Gasteiger charge is 2.51. The Morgan fingerprint density at radius 3 is 2.78 bits per heavy atom. The fourth-order valence-electron chi connectivity index (χ4n) is 2.69. The summed E-state index contributed by atoms with van der Waals surface area (Å²) in [7, 11) is 0. The van der Waals surface area contributed by atoms with Gasteiger partial charge in [0.2, 0.25) is 11.3 Å². The number of hydrogen-bond donors (Lipinski definition) is 0. The lowest BCUT2D eigenvalue weighted by molar-refractivity contribution is -0.154. The Balaban J connectivity index is 2.16.